The van der Waals surface area contributed by atoms with E-state index in [9.17, 15) is 5.11 Å². The van der Waals surface area contributed by atoms with Crippen molar-refractivity contribution in [2.75, 3.05) is 26.4 Å². The van der Waals surface area contributed by atoms with Crippen molar-refractivity contribution in [3.05, 3.63) is 28.3 Å². The summed E-state index contributed by atoms with van der Waals surface area (Å²) in [6.45, 7) is 2.29. The van der Waals surface area contributed by atoms with Gasteiger partial charge in [-0.25, -0.2) is 0 Å². The Morgan fingerprint density at radius 1 is 1.32 bits per heavy atom. The molecule has 4 heteroatoms. The molecule has 0 amide bonds. The summed E-state index contributed by atoms with van der Waals surface area (Å²) in [7, 11) is 0. The molecule has 0 saturated carbocycles. The van der Waals surface area contributed by atoms with Gasteiger partial charge < -0.3 is 14.6 Å². The maximum absolute atomic E-state index is 9.77. The highest BCUT2D eigenvalue weighted by atomic mass is 35.5. The Hall–Kier alpha value is -0.770. The zero-order valence-corrected chi connectivity index (χ0v) is 11.7. The standard InChI is InChI=1S/C15H19ClO3/c16-13-6-11-2-5-19-14(11)12(7-13)8-15(9-17)3-1-4-18-10-15/h6-7,17H,1-5,8-10H2. The van der Waals surface area contributed by atoms with Crippen molar-refractivity contribution in [1.29, 1.82) is 0 Å². The van der Waals surface area contributed by atoms with E-state index in [-0.39, 0.29) is 12.0 Å². The van der Waals surface area contributed by atoms with E-state index in [0.717, 1.165) is 55.2 Å². The Labute approximate surface area is 118 Å². The van der Waals surface area contributed by atoms with Gasteiger partial charge in [0.1, 0.15) is 5.75 Å². The second kappa shape index (κ2) is 5.31. The number of hydrogen-bond acceptors (Lipinski definition) is 3. The Morgan fingerprint density at radius 3 is 2.95 bits per heavy atom. The van der Waals surface area contributed by atoms with Gasteiger partial charge in [0, 0.05) is 23.5 Å². The third-order valence-corrected chi connectivity index (χ3v) is 4.35. The van der Waals surface area contributed by atoms with Crippen molar-refractivity contribution < 1.29 is 14.6 Å². The molecule has 0 spiro atoms. The maximum Gasteiger partial charge on any atom is 0.125 e. The molecule has 0 aliphatic carbocycles. The van der Waals surface area contributed by atoms with Crippen LogP contribution in [0.15, 0.2) is 12.1 Å². The molecule has 104 valence electrons. The molecule has 19 heavy (non-hydrogen) atoms. The molecule has 2 aliphatic rings. The van der Waals surface area contributed by atoms with Crippen molar-refractivity contribution in [2.45, 2.75) is 25.7 Å². The second-order valence-electron chi connectivity index (χ2n) is 5.64. The van der Waals surface area contributed by atoms with Crippen molar-refractivity contribution in [2.24, 2.45) is 5.41 Å². The van der Waals surface area contributed by atoms with Crippen molar-refractivity contribution in [1.82, 2.24) is 0 Å². The summed E-state index contributed by atoms with van der Waals surface area (Å²) in [6.07, 6.45) is 3.69. The topological polar surface area (TPSA) is 38.7 Å². The third-order valence-electron chi connectivity index (χ3n) is 4.13. The molecular weight excluding hydrogens is 264 g/mol. The molecular formula is C15H19ClO3. The van der Waals surface area contributed by atoms with E-state index >= 15 is 0 Å². The average molecular weight is 283 g/mol. The molecule has 1 unspecified atom stereocenters. The second-order valence-corrected chi connectivity index (χ2v) is 6.08. The minimum absolute atomic E-state index is 0.147. The number of aliphatic hydroxyl groups is 1. The van der Waals surface area contributed by atoms with Crippen molar-refractivity contribution in [3.63, 3.8) is 0 Å². The van der Waals surface area contributed by atoms with Crippen LogP contribution in [-0.2, 0) is 17.6 Å². The fourth-order valence-electron chi connectivity index (χ4n) is 3.11. The molecule has 1 fully saturated rings. The quantitative estimate of drug-likeness (QED) is 0.926. The van der Waals surface area contributed by atoms with Crippen LogP contribution < -0.4 is 4.74 Å². The minimum atomic E-state index is -0.178. The van der Waals surface area contributed by atoms with Crippen LogP contribution in [0.2, 0.25) is 5.02 Å². The zero-order chi connectivity index (χ0) is 13.3. The molecule has 1 aromatic carbocycles. The number of rotatable bonds is 3. The highest BCUT2D eigenvalue weighted by Crippen LogP contribution is 2.39. The summed E-state index contributed by atoms with van der Waals surface area (Å²) in [4.78, 5) is 0. The number of halogens is 1. The molecule has 1 saturated heterocycles. The van der Waals surface area contributed by atoms with Crippen LogP contribution in [0.5, 0.6) is 5.75 Å². The monoisotopic (exact) mass is 282 g/mol. The lowest BCUT2D eigenvalue weighted by atomic mass is 9.77. The van der Waals surface area contributed by atoms with Crippen LogP contribution in [-0.4, -0.2) is 31.5 Å². The highest BCUT2D eigenvalue weighted by Gasteiger charge is 2.34. The smallest absolute Gasteiger partial charge is 0.125 e. The summed E-state index contributed by atoms with van der Waals surface area (Å²) in [5.41, 5.74) is 2.12. The van der Waals surface area contributed by atoms with Crippen LogP contribution in [0.3, 0.4) is 0 Å². The van der Waals surface area contributed by atoms with E-state index in [1.807, 2.05) is 12.1 Å². The van der Waals surface area contributed by atoms with Gasteiger partial charge in [0.05, 0.1) is 19.8 Å². The van der Waals surface area contributed by atoms with Crippen molar-refractivity contribution in [3.8, 4) is 5.75 Å². The first-order chi connectivity index (χ1) is 9.22. The van der Waals surface area contributed by atoms with E-state index in [2.05, 4.69) is 0 Å². The van der Waals surface area contributed by atoms with E-state index in [4.69, 9.17) is 21.1 Å². The Kier molecular flexibility index (Phi) is 3.70. The third kappa shape index (κ3) is 2.60. The molecule has 1 aromatic rings. The Balaban J connectivity index is 1.90. The highest BCUT2D eigenvalue weighted by molar-refractivity contribution is 6.30. The molecule has 2 heterocycles. The maximum atomic E-state index is 9.77. The number of benzene rings is 1. The van der Waals surface area contributed by atoms with Crippen LogP contribution in [0, 0.1) is 5.41 Å². The molecule has 1 N–H and O–H groups in total. The van der Waals surface area contributed by atoms with Crippen LogP contribution in [0.4, 0.5) is 0 Å². The summed E-state index contributed by atoms with van der Waals surface area (Å²) in [5.74, 6) is 0.975. The lowest BCUT2D eigenvalue weighted by molar-refractivity contribution is -0.0381. The molecule has 0 radical (unpaired) electrons. The Bertz CT molecular complexity index is 467. The predicted octanol–water partition coefficient (Wildman–Crippen LogP) is 2.61. The minimum Gasteiger partial charge on any atom is -0.493 e. The van der Waals surface area contributed by atoms with Gasteiger partial charge >= 0.3 is 0 Å². The lowest BCUT2D eigenvalue weighted by Gasteiger charge is -2.35. The van der Waals surface area contributed by atoms with Crippen molar-refractivity contribution >= 4 is 11.6 Å². The normalized spacial score (nSPS) is 26.0. The first-order valence-corrected chi connectivity index (χ1v) is 7.23. The van der Waals surface area contributed by atoms with Gasteiger partial charge in [-0.2, -0.15) is 0 Å². The van der Waals surface area contributed by atoms with E-state index in [0.29, 0.717) is 6.61 Å². The van der Waals surface area contributed by atoms with Gasteiger partial charge in [0.2, 0.25) is 0 Å². The average Bonchev–Trinajstić information content (AvgIpc) is 2.88. The number of hydrogen-bond donors (Lipinski definition) is 1. The van der Waals surface area contributed by atoms with Gasteiger partial charge in [-0.05, 0) is 42.5 Å². The first-order valence-electron chi connectivity index (χ1n) is 6.85. The Morgan fingerprint density at radius 2 is 2.21 bits per heavy atom. The number of aliphatic hydroxyl groups excluding tert-OH is 1. The summed E-state index contributed by atoms with van der Waals surface area (Å²) >= 11 is 6.19. The molecule has 3 rings (SSSR count). The largest absolute Gasteiger partial charge is 0.493 e. The molecule has 3 nitrogen and oxygen atoms in total. The molecule has 1 atom stereocenters. The number of fused-ring (bicyclic) bond motifs is 1. The van der Waals surface area contributed by atoms with Crippen LogP contribution in [0.1, 0.15) is 24.0 Å². The van der Waals surface area contributed by atoms with Gasteiger partial charge in [0.15, 0.2) is 0 Å². The lowest BCUT2D eigenvalue weighted by Crippen LogP contribution is -2.37. The van der Waals surface area contributed by atoms with E-state index in [1.165, 1.54) is 5.56 Å². The molecule has 0 bridgehead atoms. The predicted molar refractivity (Wildman–Crippen MR) is 73.9 cm³/mol. The zero-order valence-electron chi connectivity index (χ0n) is 11.0. The van der Waals surface area contributed by atoms with Gasteiger partial charge in [0.25, 0.3) is 0 Å². The summed E-state index contributed by atoms with van der Waals surface area (Å²) in [6, 6.07) is 3.95. The fourth-order valence-corrected chi connectivity index (χ4v) is 3.37. The van der Waals surface area contributed by atoms with Gasteiger partial charge in [-0.15, -0.1) is 0 Å². The van der Waals surface area contributed by atoms with Crippen LogP contribution >= 0.6 is 11.6 Å². The van der Waals surface area contributed by atoms with E-state index < -0.39 is 0 Å². The molecule has 2 aliphatic heterocycles. The summed E-state index contributed by atoms with van der Waals surface area (Å²) in [5, 5.41) is 10.5. The fraction of sp³-hybridized carbons (Fsp3) is 0.600. The van der Waals surface area contributed by atoms with Gasteiger partial charge in [-0.3, -0.25) is 0 Å². The first kappa shape index (κ1) is 13.2. The SMILES string of the molecule is OCC1(Cc2cc(Cl)cc3c2OCC3)CCCOC1. The summed E-state index contributed by atoms with van der Waals surface area (Å²) < 4.78 is 11.3. The molecule has 0 aromatic heterocycles. The van der Waals surface area contributed by atoms with Gasteiger partial charge in [-0.1, -0.05) is 11.6 Å². The number of ether oxygens (including phenoxy) is 2. The van der Waals surface area contributed by atoms with Crippen LogP contribution in [0.25, 0.3) is 0 Å². The van der Waals surface area contributed by atoms with E-state index in [1.54, 1.807) is 0 Å².